The predicted octanol–water partition coefficient (Wildman–Crippen LogP) is 4.05. The first-order valence-electron chi connectivity index (χ1n) is 7.41. The molecule has 2 nitrogen and oxygen atoms in total. The van der Waals surface area contributed by atoms with E-state index in [-0.39, 0.29) is 16.9 Å². The molecule has 126 valence electrons. The summed E-state index contributed by atoms with van der Waals surface area (Å²) >= 11 is 0.593. The molecule has 0 aliphatic carbocycles. The Balaban J connectivity index is 2.16. The highest BCUT2D eigenvalue weighted by molar-refractivity contribution is 8.00. The number of halogens is 3. The van der Waals surface area contributed by atoms with Gasteiger partial charge in [-0.1, -0.05) is 60.7 Å². The maximum absolute atomic E-state index is 14.1. The second kappa shape index (κ2) is 6.26. The number of benzene rings is 2. The van der Waals surface area contributed by atoms with Crippen molar-refractivity contribution in [1.29, 1.82) is 0 Å². The van der Waals surface area contributed by atoms with E-state index in [1.807, 2.05) is 0 Å². The van der Waals surface area contributed by atoms with Gasteiger partial charge in [-0.25, -0.2) is 0 Å². The van der Waals surface area contributed by atoms with Gasteiger partial charge in [-0.3, -0.25) is 4.79 Å². The van der Waals surface area contributed by atoms with Gasteiger partial charge in [-0.2, -0.15) is 13.2 Å². The van der Waals surface area contributed by atoms with Crippen LogP contribution in [0.25, 0.3) is 0 Å². The lowest BCUT2D eigenvalue weighted by atomic mass is 9.77. The van der Waals surface area contributed by atoms with Crippen LogP contribution < -0.4 is 0 Å². The number of carbonyl (C=O) groups excluding carboxylic acids is 1. The van der Waals surface area contributed by atoms with E-state index in [2.05, 4.69) is 0 Å². The molecule has 1 fully saturated rings. The molecule has 1 aliphatic rings. The average molecular weight is 352 g/mol. The summed E-state index contributed by atoms with van der Waals surface area (Å²) in [6.45, 7) is 0. The van der Waals surface area contributed by atoms with Gasteiger partial charge in [0.05, 0.1) is 12.0 Å². The fraction of sp³-hybridized carbons (Fsp3) is 0.278. The Bertz CT molecular complexity index is 718. The zero-order valence-electron chi connectivity index (χ0n) is 12.5. The monoisotopic (exact) mass is 352 g/mol. The first-order valence-corrected chi connectivity index (χ1v) is 8.40. The molecule has 0 bridgehead atoms. The van der Waals surface area contributed by atoms with E-state index in [1.165, 1.54) is 36.4 Å². The van der Waals surface area contributed by atoms with Crippen LogP contribution in [-0.4, -0.2) is 28.9 Å². The number of aliphatic hydroxyl groups is 1. The Kier molecular flexibility index (Phi) is 4.44. The lowest BCUT2D eigenvalue weighted by Crippen LogP contribution is -2.49. The van der Waals surface area contributed by atoms with Crippen LogP contribution in [0.4, 0.5) is 13.2 Å². The standard InChI is InChI=1S/C18H15F3O2S/c19-18(20,21)17(13-9-5-2-6-10-13)15(14(22)11-24-17)16(23)12-7-3-1-4-8-12/h1-10,14-15,22H,11H2/t14-,15+,17-/m1/s1. The molecule has 1 saturated heterocycles. The van der Waals surface area contributed by atoms with Crippen LogP contribution in [0.1, 0.15) is 15.9 Å². The summed E-state index contributed by atoms with van der Waals surface area (Å²) in [5, 5.41) is 10.2. The van der Waals surface area contributed by atoms with Gasteiger partial charge in [0.2, 0.25) is 0 Å². The number of Topliss-reactive ketones (excluding diaryl/α,β-unsaturated/α-hetero) is 1. The van der Waals surface area contributed by atoms with E-state index < -0.39 is 28.7 Å². The Morgan fingerprint density at radius 2 is 1.58 bits per heavy atom. The van der Waals surface area contributed by atoms with Crippen molar-refractivity contribution in [3.63, 3.8) is 0 Å². The van der Waals surface area contributed by atoms with Gasteiger partial charge in [0.1, 0.15) is 4.75 Å². The van der Waals surface area contributed by atoms with Crippen LogP contribution in [0.3, 0.4) is 0 Å². The van der Waals surface area contributed by atoms with Crippen molar-refractivity contribution in [1.82, 2.24) is 0 Å². The molecule has 1 aliphatic heterocycles. The molecule has 0 aromatic heterocycles. The Morgan fingerprint density at radius 1 is 1.04 bits per heavy atom. The van der Waals surface area contributed by atoms with Crippen molar-refractivity contribution < 1.29 is 23.1 Å². The van der Waals surface area contributed by atoms with Crippen molar-refractivity contribution in [2.24, 2.45) is 5.92 Å². The van der Waals surface area contributed by atoms with E-state index in [4.69, 9.17) is 0 Å². The van der Waals surface area contributed by atoms with E-state index in [1.54, 1.807) is 24.3 Å². The van der Waals surface area contributed by atoms with Gasteiger partial charge in [-0.15, -0.1) is 11.8 Å². The third-order valence-corrected chi connectivity index (χ3v) is 5.95. The maximum Gasteiger partial charge on any atom is 0.408 e. The van der Waals surface area contributed by atoms with E-state index in [9.17, 15) is 23.1 Å². The fourth-order valence-corrected chi connectivity index (χ4v) is 4.72. The van der Waals surface area contributed by atoms with Crippen molar-refractivity contribution in [2.75, 3.05) is 5.75 Å². The van der Waals surface area contributed by atoms with Gasteiger partial charge >= 0.3 is 6.18 Å². The van der Waals surface area contributed by atoms with Crippen molar-refractivity contribution in [3.05, 3.63) is 71.8 Å². The molecule has 0 unspecified atom stereocenters. The molecule has 0 saturated carbocycles. The van der Waals surface area contributed by atoms with Crippen LogP contribution in [-0.2, 0) is 4.75 Å². The molecule has 1 heterocycles. The largest absolute Gasteiger partial charge is 0.408 e. The maximum atomic E-state index is 14.1. The number of hydrogen-bond donors (Lipinski definition) is 1. The number of carbonyl (C=O) groups is 1. The lowest BCUT2D eigenvalue weighted by molar-refractivity contribution is -0.174. The predicted molar refractivity (Wildman–Crippen MR) is 86.9 cm³/mol. The number of thioether (sulfide) groups is 1. The number of aliphatic hydroxyl groups excluding tert-OH is 1. The highest BCUT2D eigenvalue weighted by Gasteiger charge is 2.67. The molecule has 0 amide bonds. The Morgan fingerprint density at radius 3 is 2.12 bits per heavy atom. The molecule has 24 heavy (non-hydrogen) atoms. The van der Waals surface area contributed by atoms with Gasteiger partial charge in [0, 0.05) is 11.3 Å². The highest BCUT2D eigenvalue weighted by atomic mass is 32.2. The molecule has 3 rings (SSSR count). The summed E-state index contributed by atoms with van der Waals surface area (Å²) in [6.07, 6.45) is -6.03. The molecule has 2 aromatic carbocycles. The summed E-state index contributed by atoms with van der Waals surface area (Å²) < 4.78 is 39.9. The number of hydrogen-bond acceptors (Lipinski definition) is 3. The van der Waals surface area contributed by atoms with E-state index >= 15 is 0 Å². The molecule has 2 aromatic rings. The third kappa shape index (κ3) is 2.63. The minimum absolute atomic E-state index is 0.00617. The van der Waals surface area contributed by atoms with E-state index in [0.717, 1.165) is 0 Å². The van der Waals surface area contributed by atoms with Crippen LogP contribution in [0.5, 0.6) is 0 Å². The minimum atomic E-state index is -4.67. The molecule has 0 spiro atoms. The number of ketones is 1. The highest BCUT2D eigenvalue weighted by Crippen LogP contribution is 2.60. The topological polar surface area (TPSA) is 37.3 Å². The first-order chi connectivity index (χ1) is 11.4. The van der Waals surface area contributed by atoms with Crippen LogP contribution in [0, 0.1) is 5.92 Å². The van der Waals surface area contributed by atoms with Crippen LogP contribution >= 0.6 is 11.8 Å². The minimum Gasteiger partial charge on any atom is -0.391 e. The van der Waals surface area contributed by atoms with Crippen molar-refractivity contribution >= 4 is 17.5 Å². The van der Waals surface area contributed by atoms with E-state index in [0.29, 0.717) is 11.8 Å². The molecule has 1 N–H and O–H groups in total. The van der Waals surface area contributed by atoms with Crippen molar-refractivity contribution in [2.45, 2.75) is 17.0 Å². The normalized spacial score (nSPS) is 27.2. The van der Waals surface area contributed by atoms with Gasteiger partial charge < -0.3 is 5.11 Å². The quantitative estimate of drug-likeness (QED) is 0.847. The SMILES string of the molecule is O=C(c1ccccc1)[C@@H]1[C@H](O)CS[C@@]1(c1ccccc1)C(F)(F)F. The average Bonchev–Trinajstić information content (AvgIpc) is 2.94. The number of rotatable bonds is 3. The molecule has 6 heteroatoms. The van der Waals surface area contributed by atoms with Gasteiger partial charge in [0.25, 0.3) is 0 Å². The second-order valence-corrected chi connectivity index (χ2v) is 6.95. The second-order valence-electron chi connectivity index (χ2n) is 5.69. The Labute approximate surface area is 141 Å². The zero-order chi connectivity index (χ0) is 17.4. The summed E-state index contributed by atoms with van der Waals surface area (Å²) in [5.41, 5.74) is 0.168. The third-order valence-electron chi connectivity index (χ3n) is 4.27. The smallest absolute Gasteiger partial charge is 0.391 e. The number of alkyl halides is 3. The zero-order valence-corrected chi connectivity index (χ0v) is 13.3. The molecular formula is C18H15F3O2S. The lowest BCUT2D eigenvalue weighted by Gasteiger charge is -2.36. The van der Waals surface area contributed by atoms with Gasteiger partial charge in [-0.05, 0) is 5.56 Å². The summed E-state index contributed by atoms with van der Waals surface area (Å²) in [7, 11) is 0. The molecular weight excluding hydrogens is 337 g/mol. The van der Waals surface area contributed by atoms with Crippen LogP contribution in [0.2, 0.25) is 0 Å². The van der Waals surface area contributed by atoms with Crippen LogP contribution in [0.15, 0.2) is 60.7 Å². The first kappa shape index (κ1) is 17.0. The van der Waals surface area contributed by atoms with Crippen molar-refractivity contribution in [3.8, 4) is 0 Å². The Hall–Kier alpha value is -1.79. The summed E-state index contributed by atoms with van der Waals surface area (Å²) in [5.74, 6) is -2.40. The fourth-order valence-electron chi connectivity index (χ4n) is 3.19. The molecule has 0 radical (unpaired) electrons. The van der Waals surface area contributed by atoms with Gasteiger partial charge in [0.15, 0.2) is 5.78 Å². The summed E-state index contributed by atoms with van der Waals surface area (Å²) in [6, 6.07) is 15.2. The molecule has 3 atom stereocenters. The summed E-state index contributed by atoms with van der Waals surface area (Å²) in [4.78, 5) is 12.8.